The van der Waals surface area contributed by atoms with E-state index < -0.39 is 56.5 Å². The molecule has 1 aromatic rings. The van der Waals surface area contributed by atoms with Gasteiger partial charge in [0.05, 0.1) is 17.6 Å². The van der Waals surface area contributed by atoms with Gasteiger partial charge < -0.3 is 5.32 Å². The van der Waals surface area contributed by atoms with E-state index >= 15 is 0 Å². The number of amides is 1. The van der Waals surface area contributed by atoms with Gasteiger partial charge in [-0.15, -0.1) is 0 Å². The zero-order valence-corrected chi connectivity index (χ0v) is 18.2. The Kier molecular flexibility index (Phi) is 7.07. The monoisotopic (exact) mass is 463 g/mol. The predicted molar refractivity (Wildman–Crippen MR) is 106 cm³/mol. The third-order valence-corrected chi connectivity index (χ3v) is 6.76. The molecule has 0 spiro atoms. The van der Waals surface area contributed by atoms with Crippen LogP contribution in [0, 0.1) is 22.6 Å². The van der Waals surface area contributed by atoms with Crippen molar-refractivity contribution in [1.29, 1.82) is 5.26 Å². The van der Waals surface area contributed by atoms with E-state index in [2.05, 4.69) is 10.6 Å². The second-order valence-electron chi connectivity index (χ2n) is 9.04. The Morgan fingerprint density at radius 1 is 1.19 bits per heavy atom. The number of nitrogens with zero attached hydrogens (tertiary/aromatic N) is 1. The van der Waals surface area contributed by atoms with Crippen LogP contribution in [0.25, 0.3) is 0 Å². The van der Waals surface area contributed by atoms with E-state index in [1.165, 1.54) is 0 Å². The number of alkyl halides is 3. The summed E-state index contributed by atoms with van der Waals surface area (Å²) in [4.78, 5) is 12.7. The number of rotatable bonds is 8. The van der Waals surface area contributed by atoms with Gasteiger partial charge in [0.25, 0.3) is 0 Å². The molecule has 2 rings (SSSR count). The molecule has 172 valence electrons. The molecule has 0 heterocycles. The van der Waals surface area contributed by atoms with Crippen molar-refractivity contribution < 1.29 is 30.8 Å². The number of carbonyl (C=O) groups excluding carboxylic acids is 1. The summed E-state index contributed by atoms with van der Waals surface area (Å²) < 4.78 is 79.7. The molecule has 0 aliphatic heterocycles. The Hall–Kier alpha value is -2.19. The van der Waals surface area contributed by atoms with Crippen molar-refractivity contribution >= 4 is 15.7 Å². The second kappa shape index (κ2) is 8.74. The van der Waals surface area contributed by atoms with Crippen LogP contribution in [0.15, 0.2) is 24.3 Å². The lowest BCUT2D eigenvalue weighted by molar-refractivity contribution is -0.160. The topological polar surface area (TPSA) is 99.1 Å². The van der Waals surface area contributed by atoms with Gasteiger partial charge in [0.1, 0.15) is 23.4 Å². The zero-order chi connectivity index (χ0) is 23.7. The van der Waals surface area contributed by atoms with Crippen molar-refractivity contribution in [3.8, 4) is 6.07 Å². The molecular formula is C20H25F4N3O3S. The van der Waals surface area contributed by atoms with Crippen molar-refractivity contribution in [2.45, 2.75) is 57.4 Å². The number of nitriles is 1. The number of hydrogen-bond donors (Lipinski definition) is 2. The Balaban J connectivity index is 2.36. The van der Waals surface area contributed by atoms with Crippen molar-refractivity contribution in [3.63, 3.8) is 0 Å². The average Bonchev–Trinajstić information content (AvgIpc) is 3.36. The van der Waals surface area contributed by atoms with Gasteiger partial charge >= 0.3 is 6.18 Å². The van der Waals surface area contributed by atoms with Gasteiger partial charge in [-0.1, -0.05) is 32.9 Å². The van der Waals surface area contributed by atoms with Gasteiger partial charge in [0.15, 0.2) is 9.84 Å². The first-order chi connectivity index (χ1) is 14.1. The van der Waals surface area contributed by atoms with E-state index in [-0.39, 0.29) is 11.3 Å². The first kappa shape index (κ1) is 25.1. The number of carbonyl (C=O) groups is 1. The van der Waals surface area contributed by atoms with Gasteiger partial charge in [-0.3, -0.25) is 10.1 Å². The minimum atomic E-state index is -4.89. The largest absolute Gasteiger partial charge is 0.407 e. The molecule has 1 saturated carbocycles. The lowest BCUT2D eigenvalue weighted by atomic mass is 10.0. The molecule has 2 N–H and O–H groups in total. The molecule has 2 atom stereocenters. The Labute approximate surface area is 178 Å². The maximum absolute atomic E-state index is 13.8. The summed E-state index contributed by atoms with van der Waals surface area (Å²) in [5.41, 5.74) is -2.24. The Bertz CT molecular complexity index is 944. The van der Waals surface area contributed by atoms with E-state index in [4.69, 9.17) is 5.26 Å². The molecule has 1 aromatic carbocycles. The number of halogens is 4. The summed E-state index contributed by atoms with van der Waals surface area (Å²) in [6.45, 7) is 4.96. The van der Waals surface area contributed by atoms with E-state index in [1.54, 1.807) is 20.8 Å². The summed E-state index contributed by atoms with van der Waals surface area (Å²) >= 11 is 0. The van der Waals surface area contributed by atoms with Crippen molar-refractivity contribution in [2.75, 3.05) is 11.5 Å². The number of nitrogens with one attached hydrogen (secondary N) is 2. The van der Waals surface area contributed by atoms with Crippen LogP contribution in [0.2, 0.25) is 0 Å². The molecule has 0 aromatic heterocycles. The third-order valence-electron chi connectivity index (χ3n) is 4.62. The summed E-state index contributed by atoms with van der Waals surface area (Å²) in [7, 11) is -3.94. The van der Waals surface area contributed by atoms with E-state index in [9.17, 15) is 30.8 Å². The second-order valence-corrected chi connectivity index (χ2v) is 11.2. The lowest BCUT2D eigenvalue weighted by Crippen LogP contribution is -2.54. The maximum atomic E-state index is 13.8. The van der Waals surface area contributed by atoms with Gasteiger partial charge in [0, 0.05) is 0 Å². The van der Waals surface area contributed by atoms with Crippen LogP contribution in [0.3, 0.4) is 0 Å². The maximum Gasteiger partial charge on any atom is 0.407 e. The standard InChI is InChI=1S/C20H25F4N3O3S/c1-18(2,3)12-31(29,30)10-15(17(28)27-19(11-25)8-9-19)26-16(20(22,23)24)13-4-6-14(21)7-5-13/h4-7,15-16,26H,8-10,12H2,1-3H3,(H,27,28)/t15-,16-/m0/s1. The minimum absolute atomic E-state index is 0.331. The molecule has 6 nitrogen and oxygen atoms in total. The van der Waals surface area contributed by atoms with Crippen LogP contribution < -0.4 is 10.6 Å². The number of hydrogen-bond acceptors (Lipinski definition) is 5. The molecule has 1 amide bonds. The van der Waals surface area contributed by atoms with Crippen molar-refractivity contribution in [1.82, 2.24) is 10.6 Å². The Morgan fingerprint density at radius 2 is 1.74 bits per heavy atom. The number of benzene rings is 1. The summed E-state index contributed by atoms with van der Waals surface area (Å²) in [5.74, 6) is -2.97. The highest BCUT2D eigenvalue weighted by Gasteiger charge is 2.48. The highest BCUT2D eigenvalue weighted by atomic mass is 32.2. The van der Waals surface area contributed by atoms with Crippen molar-refractivity contribution in [2.24, 2.45) is 5.41 Å². The first-order valence-electron chi connectivity index (χ1n) is 9.58. The fourth-order valence-corrected chi connectivity index (χ4v) is 5.31. The molecule has 0 saturated heterocycles. The van der Waals surface area contributed by atoms with Crippen LogP contribution in [0.4, 0.5) is 17.6 Å². The molecule has 11 heteroatoms. The molecule has 0 unspecified atom stereocenters. The molecule has 0 bridgehead atoms. The smallest absolute Gasteiger partial charge is 0.336 e. The van der Waals surface area contributed by atoms with Crippen LogP contribution in [0.5, 0.6) is 0 Å². The van der Waals surface area contributed by atoms with Crippen LogP contribution >= 0.6 is 0 Å². The van der Waals surface area contributed by atoms with E-state index in [0.29, 0.717) is 12.8 Å². The fraction of sp³-hybridized carbons (Fsp3) is 0.600. The molecule has 1 fully saturated rings. The van der Waals surface area contributed by atoms with Gasteiger partial charge in [0.2, 0.25) is 5.91 Å². The van der Waals surface area contributed by atoms with Crippen molar-refractivity contribution in [3.05, 3.63) is 35.6 Å². The van der Waals surface area contributed by atoms with Gasteiger partial charge in [-0.2, -0.15) is 18.4 Å². The summed E-state index contributed by atoms with van der Waals surface area (Å²) in [6, 6.07) is 1.22. The quantitative estimate of drug-likeness (QED) is 0.578. The highest BCUT2D eigenvalue weighted by Crippen LogP contribution is 2.36. The lowest BCUT2D eigenvalue weighted by Gasteiger charge is -2.28. The van der Waals surface area contributed by atoms with Gasteiger partial charge in [-0.25, -0.2) is 12.8 Å². The first-order valence-corrected chi connectivity index (χ1v) is 11.4. The van der Waals surface area contributed by atoms with E-state index in [0.717, 1.165) is 24.3 Å². The predicted octanol–water partition coefficient (Wildman–Crippen LogP) is 3.02. The Morgan fingerprint density at radius 3 is 2.16 bits per heavy atom. The average molecular weight is 463 g/mol. The van der Waals surface area contributed by atoms with Crippen LogP contribution in [0.1, 0.15) is 45.2 Å². The summed E-state index contributed by atoms with van der Waals surface area (Å²) in [6.07, 6.45) is -4.23. The minimum Gasteiger partial charge on any atom is -0.336 e. The van der Waals surface area contributed by atoms with Crippen LogP contribution in [-0.4, -0.2) is 43.6 Å². The molecule has 1 aliphatic rings. The molecule has 1 aliphatic carbocycles. The fourth-order valence-electron chi connectivity index (χ4n) is 3.12. The molecule has 31 heavy (non-hydrogen) atoms. The van der Waals surface area contributed by atoms with Crippen LogP contribution in [-0.2, 0) is 14.6 Å². The normalized spacial score (nSPS) is 18.0. The molecule has 0 radical (unpaired) electrons. The van der Waals surface area contributed by atoms with Gasteiger partial charge in [-0.05, 0) is 36.0 Å². The number of sulfone groups is 1. The highest BCUT2D eigenvalue weighted by molar-refractivity contribution is 7.91. The van der Waals surface area contributed by atoms with E-state index in [1.807, 2.05) is 6.07 Å². The third kappa shape index (κ3) is 7.47. The summed E-state index contributed by atoms with van der Waals surface area (Å²) in [5, 5.41) is 13.6. The molecular weight excluding hydrogens is 438 g/mol. The SMILES string of the molecule is CC(C)(C)CS(=O)(=O)C[C@H](N[C@@H](c1ccc(F)cc1)C(F)(F)F)C(=O)NC1(C#N)CC1. The zero-order valence-electron chi connectivity index (χ0n) is 17.4.